The molecule has 0 amide bonds. The maximum absolute atomic E-state index is 4.31. The van der Waals surface area contributed by atoms with Crippen LogP contribution in [0.15, 0.2) is 29.3 Å². The standard InChI is InChI=1S/C21H37N5S.HI/c1-22-21(23-11-4-5-16-27-3)24-17-19-7-9-20(10-8-19)18-26-13-6-12-25(2)14-15-26;/h7-10H,4-6,11-18H2,1-3H3,(H2,22,23,24);1H. The fraction of sp³-hybridized carbons (Fsp3) is 0.667. The predicted molar refractivity (Wildman–Crippen MR) is 135 cm³/mol. The summed E-state index contributed by atoms with van der Waals surface area (Å²) in [6, 6.07) is 9.00. The zero-order valence-electron chi connectivity index (χ0n) is 17.7. The zero-order valence-corrected chi connectivity index (χ0v) is 20.9. The summed E-state index contributed by atoms with van der Waals surface area (Å²) in [7, 11) is 4.05. The van der Waals surface area contributed by atoms with Gasteiger partial charge in [0, 0.05) is 39.8 Å². The smallest absolute Gasteiger partial charge is 0.191 e. The maximum atomic E-state index is 4.31. The summed E-state index contributed by atoms with van der Waals surface area (Å²) in [5.74, 6) is 2.12. The molecule has 1 aliphatic heterocycles. The van der Waals surface area contributed by atoms with Crippen LogP contribution < -0.4 is 10.6 Å². The molecule has 1 fully saturated rings. The number of guanidine groups is 1. The number of nitrogens with one attached hydrogen (secondary N) is 2. The van der Waals surface area contributed by atoms with Gasteiger partial charge in [-0.1, -0.05) is 24.3 Å². The number of halogens is 1. The summed E-state index contributed by atoms with van der Waals surface area (Å²) in [4.78, 5) is 9.31. The largest absolute Gasteiger partial charge is 0.356 e. The lowest BCUT2D eigenvalue weighted by Gasteiger charge is -2.20. The first kappa shape index (κ1) is 25.5. The minimum absolute atomic E-state index is 0. The number of hydrogen-bond donors (Lipinski definition) is 2. The molecule has 0 spiro atoms. The Morgan fingerprint density at radius 1 is 1.04 bits per heavy atom. The molecule has 0 atom stereocenters. The van der Waals surface area contributed by atoms with Crippen molar-refractivity contribution < 1.29 is 0 Å². The highest BCUT2D eigenvalue weighted by Crippen LogP contribution is 2.10. The van der Waals surface area contributed by atoms with E-state index in [1.807, 2.05) is 18.8 Å². The molecular formula is C21H38IN5S. The summed E-state index contributed by atoms with van der Waals surface area (Å²) < 4.78 is 0. The van der Waals surface area contributed by atoms with Gasteiger partial charge in [-0.15, -0.1) is 24.0 Å². The Labute approximate surface area is 193 Å². The van der Waals surface area contributed by atoms with Crippen LogP contribution in [-0.4, -0.2) is 74.6 Å². The second-order valence-corrected chi connectivity index (χ2v) is 8.29. The monoisotopic (exact) mass is 519 g/mol. The molecule has 1 saturated heterocycles. The van der Waals surface area contributed by atoms with Gasteiger partial charge in [0.15, 0.2) is 5.96 Å². The average molecular weight is 520 g/mol. The molecule has 0 aromatic heterocycles. The fourth-order valence-electron chi connectivity index (χ4n) is 3.26. The summed E-state index contributed by atoms with van der Waals surface area (Å²) >= 11 is 1.91. The lowest BCUT2D eigenvalue weighted by atomic mass is 10.1. The first-order chi connectivity index (χ1) is 13.2. The first-order valence-electron chi connectivity index (χ1n) is 10.1. The van der Waals surface area contributed by atoms with Crippen LogP contribution >= 0.6 is 35.7 Å². The van der Waals surface area contributed by atoms with E-state index >= 15 is 0 Å². The van der Waals surface area contributed by atoms with Crippen molar-refractivity contribution in [1.82, 2.24) is 20.4 Å². The molecule has 0 saturated carbocycles. The topological polar surface area (TPSA) is 42.9 Å². The molecule has 1 aliphatic rings. The van der Waals surface area contributed by atoms with E-state index in [1.54, 1.807) is 0 Å². The van der Waals surface area contributed by atoms with Crippen molar-refractivity contribution in [3.05, 3.63) is 35.4 Å². The van der Waals surface area contributed by atoms with Crippen molar-refractivity contribution in [2.24, 2.45) is 4.99 Å². The van der Waals surface area contributed by atoms with Crippen molar-refractivity contribution >= 4 is 41.7 Å². The van der Waals surface area contributed by atoms with Gasteiger partial charge < -0.3 is 15.5 Å². The molecule has 0 unspecified atom stereocenters. The van der Waals surface area contributed by atoms with E-state index in [1.165, 1.54) is 62.3 Å². The average Bonchev–Trinajstić information content (AvgIpc) is 2.89. The molecule has 160 valence electrons. The Morgan fingerprint density at radius 3 is 2.50 bits per heavy atom. The third-order valence-electron chi connectivity index (χ3n) is 4.99. The van der Waals surface area contributed by atoms with Crippen LogP contribution in [0.5, 0.6) is 0 Å². The van der Waals surface area contributed by atoms with Gasteiger partial charge in [0.1, 0.15) is 0 Å². The van der Waals surface area contributed by atoms with Crippen molar-refractivity contribution in [1.29, 1.82) is 0 Å². The second-order valence-electron chi connectivity index (χ2n) is 7.30. The van der Waals surface area contributed by atoms with Gasteiger partial charge >= 0.3 is 0 Å². The number of aliphatic imine (C=N–C) groups is 1. The van der Waals surface area contributed by atoms with Gasteiger partial charge in [0.2, 0.25) is 0 Å². The lowest BCUT2D eigenvalue weighted by molar-refractivity contribution is 0.269. The number of nitrogens with zero attached hydrogens (tertiary/aromatic N) is 3. The minimum Gasteiger partial charge on any atom is -0.356 e. The molecule has 1 aromatic carbocycles. The number of likely N-dealkylation sites (N-methyl/N-ethyl adjacent to an activating group) is 1. The highest BCUT2D eigenvalue weighted by atomic mass is 127. The van der Waals surface area contributed by atoms with Crippen LogP contribution in [-0.2, 0) is 13.1 Å². The normalized spacial score (nSPS) is 16.3. The quantitative estimate of drug-likeness (QED) is 0.227. The van der Waals surface area contributed by atoms with Crippen LogP contribution in [0.2, 0.25) is 0 Å². The van der Waals surface area contributed by atoms with Crippen LogP contribution in [0.3, 0.4) is 0 Å². The third kappa shape index (κ3) is 10.3. The molecule has 0 bridgehead atoms. The molecule has 1 aromatic rings. The van der Waals surface area contributed by atoms with Gasteiger partial charge in [-0.05, 0) is 62.5 Å². The van der Waals surface area contributed by atoms with Gasteiger partial charge in [0.05, 0.1) is 0 Å². The Kier molecular flexibility index (Phi) is 14.0. The molecule has 5 nitrogen and oxygen atoms in total. The van der Waals surface area contributed by atoms with Crippen molar-refractivity contribution in [3.8, 4) is 0 Å². The van der Waals surface area contributed by atoms with E-state index in [9.17, 15) is 0 Å². The second kappa shape index (κ2) is 15.3. The lowest BCUT2D eigenvalue weighted by Crippen LogP contribution is -2.37. The third-order valence-corrected chi connectivity index (χ3v) is 5.69. The van der Waals surface area contributed by atoms with E-state index in [4.69, 9.17) is 0 Å². The Bertz CT molecular complexity index is 552. The summed E-state index contributed by atoms with van der Waals surface area (Å²) in [6.45, 7) is 7.59. The van der Waals surface area contributed by atoms with E-state index in [0.29, 0.717) is 0 Å². The van der Waals surface area contributed by atoms with E-state index in [2.05, 4.69) is 63.0 Å². The molecule has 2 N–H and O–H groups in total. The van der Waals surface area contributed by atoms with E-state index in [-0.39, 0.29) is 24.0 Å². The van der Waals surface area contributed by atoms with Gasteiger partial charge in [-0.2, -0.15) is 11.8 Å². The van der Waals surface area contributed by atoms with E-state index < -0.39 is 0 Å². The van der Waals surface area contributed by atoms with Crippen molar-refractivity contribution in [2.45, 2.75) is 32.4 Å². The van der Waals surface area contributed by atoms with Crippen LogP contribution in [0.4, 0.5) is 0 Å². The Hall–Kier alpha value is -0.510. The number of thioether (sulfide) groups is 1. The SMILES string of the molecule is CN=C(NCCCCSC)NCc1ccc(CN2CCCN(C)CC2)cc1.I. The fourth-order valence-corrected chi connectivity index (χ4v) is 3.76. The first-order valence-corrected chi connectivity index (χ1v) is 11.5. The molecule has 2 rings (SSSR count). The van der Waals surface area contributed by atoms with Crippen molar-refractivity contribution in [2.75, 3.05) is 58.8 Å². The molecule has 1 heterocycles. The molecule has 0 radical (unpaired) electrons. The Balaban J connectivity index is 0.00000392. The van der Waals surface area contributed by atoms with Gasteiger partial charge in [-0.25, -0.2) is 0 Å². The summed E-state index contributed by atoms with van der Waals surface area (Å²) in [5.41, 5.74) is 2.69. The summed E-state index contributed by atoms with van der Waals surface area (Å²) in [6.07, 6.45) is 5.86. The maximum Gasteiger partial charge on any atom is 0.191 e. The highest BCUT2D eigenvalue weighted by Gasteiger charge is 2.12. The minimum atomic E-state index is 0. The Morgan fingerprint density at radius 2 is 1.79 bits per heavy atom. The molecule has 28 heavy (non-hydrogen) atoms. The molecule has 7 heteroatoms. The molecule has 0 aliphatic carbocycles. The number of rotatable bonds is 9. The highest BCUT2D eigenvalue weighted by molar-refractivity contribution is 14.0. The van der Waals surface area contributed by atoms with Crippen LogP contribution in [0.25, 0.3) is 0 Å². The van der Waals surface area contributed by atoms with Gasteiger partial charge in [-0.3, -0.25) is 9.89 Å². The number of hydrogen-bond acceptors (Lipinski definition) is 4. The predicted octanol–water partition coefficient (Wildman–Crippen LogP) is 3.25. The number of benzene rings is 1. The van der Waals surface area contributed by atoms with E-state index in [0.717, 1.165) is 25.6 Å². The van der Waals surface area contributed by atoms with Crippen molar-refractivity contribution in [3.63, 3.8) is 0 Å². The number of unbranched alkanes of at least 4 members (excludes halogenated alkanes) is 1. The van der Waals surface area contributed by atoms with Crippen LogP contribution in [0.1, 0.15) is 30.4 Å². The summed E-state index contributed by atoms with van der Waals surface area (Å²) in [5, 5.41) is 6.80. The van der Waals surface area contributed by atoms with Crippen LogP contribution in [0, 0.1) is 0 Å². The van der Waals surface area contributed by atoms with Gasteiger partial charge in [0.25, 0.3) is 0 Å². The zero-order chi connectivity index (χ0) is 19.3. The molecular weight excluding hydrogens is 481 g/mol.